The summed E-state index contributed by atoms with van der Waals surface area (Å²) in [5, 5.41) is 0. The Morgan fingerprint density at radius 2 is 1.50 bits per heavy atom. The van der Waals surface area contributed by atoms with Crippen molar-refractivity contribution in [3.63, 3.8) is 0 Å². The lowest BCUT2D eigenvalue weighted by Crippen LogP contribution is -1.62. The van der Waals surface area contributed by atoms with Gasteiger partial charge < -0.3 is 0 Å². The first-order chi connectivity index (χ1) is 5.13. The van der Waals surface area contributed by atoms with Crippen molar-refractivity contribution in [1.29, 1.82) is 0 Å². The van der Waals surface area contributed by atoms with Crippen LogP contribution >= 0.6 is 8.25 Å². The molecule has 0 saturated heterocycles. The molecule has 1 rings (SSSR count). The first kappa shape index (κ1) is 13.8. The monoisotopic (exact) mass is 189 g/mol. The predicted molar refractivity (Wildman–Crippen MR) is 50.0 cm³/mol. The van der Waals surface area contributed by atoms with Gasteiger partial charge in [-0.25, -0.2) is 0 Å². The first-order valence-electron chi connectivity index (χ1n) is 2.99. The molecule has 0 bridgehead atoms. The molecular weight excluding hydrogens is 175 g/mol. The minimum absolute atomic E-state index is 0. The van der Waals surface area contributed by atoms with Crippen LogP contribution in [0.2, 0.25) is 0 Å². The third kappa shape index (κ3) is 12.0. The van der Waals surface area contributed by atoms with E-state index in [4.69, 9.17) is 14.4 Å². The van der Waals surface area contributed by atoms with Crippen LogP contribution in [0.1, 0.15) is 13.0 Å². The second-order valence-electron chi connectivity index (χ2n) is 1.91. The van der Waals surface area contributed by atoms with E-state index in [0.717, 1.165) is 0 Å². The number of hydrogen-bond acceptors (Lipinski definition) is 1. The van der Waals surface area contributed by atoms with Crippen molar-refractivity contribution in [2.45, 2.75) is 14.4 Å². The lowest BCUT2D eigenvalue weighted by molar-refractivity contribution is 0.405. The third-order valence-electron chi connectivity index (χ3n) is 0.940. The van der Waals surface area contributed by atoms with E-state index in [-0.39, 0.29) is 7.43 Å². The SMILES string of the molecule is C.Cc1ccccc1.O=[P+](O)O. The van der Waals surface area contributed by atoms with Gasteiger partial charge in [-0.15, -0.1) is 9.79 Å². The summed E-state index contributed by atoms with van der Waals surface area (Å²) in [5.74, 6) is 0. The molecular formula is C8H14O3P+. The summed E-state index contributed by atoms with van der Waals surface area (Å²) in [6.45, 7) is 2.08. The summed E-state index contributed by atoms with van der Waals surface area (Å²) in [6.07, 6.45) is 0. The fourth-order valence-corrected chi connectivity index (χ4v) is 0.534. The van der Waals surface area contributed by atoms with Gasteiger partial charge in [-0.1, -0.05) is 43.3 Å². The Morgan fingerprint density at radius 1 is 1.17 bits per heavy atom. The molecule has 1 aromatic carbocycles. The quantitative estimate of drug-likeness (QED) is 0.615. The molecule has 0 aliphatic heterocycles. The summed E-state index contributed by atoms with van der Waals surface area (Å²) in [4.78, 5) is 14.2. The summed E-state index contributed by atoms with van der Waals surface area (Å²) in [6, 6.07) is 10.3. The Bertz CT molecular complexity index is 207. The molecule has 0 unspecified atom stereocenters. The van der Waals surface area contributed by atoms with Gasteiger partial charge in [0.2, 0.25) is 0 Å². The lowest BCUT2D eigenvalue weighted by atomic mass is 10.2. The van der Waals surface area contributed by atoms with Crippen LogP contribution < -0.4 is 0 Å². The maximum atomic E-state index is 8.70. The smallest absolute Gasteiger partial charge is 0.134 e. The van der Waals surface area contributed by atoms with Crippen molar-refractivity contribution >= 4 is 8.25 Å². The van der Waals surface area contributed by atoms with Crippen molar-refractivity contribution in [3.8, 4) is 0 Å². The van der Waals surface area contributed by atoms with E-state index in [9.17, 15) is 0 Å². The molecule has 0 fully saturated rings. The largest absolute Gasteiger partial charge is 0.692 e. The zero-order chi connectivity index (χ0) is 8.69. The highest BCUT2D eigenvalue weighted by molar-refractivity contribution is 7.30. The number of rotatable bonds is 0. The maximum Gasteiger partial charge on any atom is 0.692 e. The Labute approximate surface area is 73.6 Å². The van der Waals surface area contributed by atoms with Gasteiger partial charge in [0.05, 0.1) is 0 Å². The highest BCUT2D eigenvalue weighted by atomic mass is 31.1. The molecule has 0 spiro atoms. The van der Waals surface area contributed by atoms with Crippen molar-refractivity contribution in [3.05, 3.63) is 35.9 Å². The van der Waals surface area contributed by atoms with Crippen molar-refractivity contribution in [2.24, 2.45) is 0 Å². The van der Waals surface area contributed by atoms with Gasteiger partial charge in [-0.2, -0.15) is 0 Å². The summed E-state index contributed by atoms with van der Waals surface area (Å²) < 4.78 is 8.70. The van der Waals surface area contributed by atoms with E-state index in [0.29, 0.717) is 0 Å². The van der Waals surface area contributed by atoms with Crippen molar-refractivity contribution < 1.29 is 14.4 Å². The van der Waals surface area contributed by atoms with E-state index in [1.807, 2.05) is 18.2 Å². The molecule has 68 valence electrons. The zero-order valence-electron chi connectivity index (χ0n) is 6.14. The fraction of sp³-hybridized carbons (Fsp3) is 0.250. The van der Waals surface area contributed by atoms with Gasteiger partial charge in [-0.3, -0.25) is 0 Å². The minimum Gasteiger partial charge on any atom is -0.134 e. The van der Waals surface area contributed by atoms with Crippen LogP contribution in [0, 0.1) is 6.92 Å². The number of benzene rings is 1. The van der Waals surface area contributed by atoms with E-state index in [2.05, 4.69) is 19.1 Å². The van der Waals surface area contributed by atoms with E-state index in [1.54, 1.807) is 0 Å². The van der Waals surface area contributed by atoms with Crippen molar-refractivity contribution in [1.82, 2.24) is 0 Å². The zero-order valence-corrected chi connectivity index (χ0v) is 7.03. The van der Waals surface area contributed by atoms with Gasteiger partial charge in [0.15, 0.2) is 0 Å². The molecule has 4 heteroatoms. The minimum atomic E-state index is -2.87. The van der Waals surface area contributed by atoms with Gasteiger partial charge in [0.1, 0.15) is 0 Å². The molecule has 0 aliphatic carbocycles. The molecule has 1 aromatic rings. The normalized spacial score (nSPS) is 7.25. The van der Waals surface area contributed by atoms with Crippen LogP contribution in [0.25, 0.3) is 0 Å². The molecule has 3 nitrogen and oxygen atoms in total. The number of hydrogen-bond donors (Lipinski definition) is 2. The summed E-state index contributed by atoms with van der Waals surface area (Å²) in [5.41, 5.74) is 1.32. The van der Waals surface area contributed by atoms with Crippen LogP contribution in [0.4, 0.5) is 0 Å². The van der Waals surface area contributed by atoms with Gasteiger partial charge in [0.25, 0.3) is 0 Å². The fourth-order valence-electron chi connectivity index (χ4n) is 0.534. The van der Waals surface area contributed by atoms with Crippen LogP contribution in [0.5, 0.6) is 0 Å². The Morgan fingerprint density at radius 3 is 1.67 bits per heavy atom. The average molecular weight is 189 g/mol. The van der Waals surface area contributed by atoms with E-state index in [1.165, 1.54) is 5.56 Å². The third-order valence-corrected chi connectivity index (χ3v) is 0.940. The molecule has 0 amide bonds. The molecule has 0 atom stereocenters. The van der Waals surface area contributed by atoms with E-state index >= 15 is 0 Å². The Balaban J connectivity index is 0. The Kier molecular flexibility index (Phi) is 9.59. The molecule has 0 heterocycles. The molecule has 2 N–H and O–H groups in total. The molecule has 0 radical (unpaired) electrons. The van der Waals surface area contributed by atoms with Crippen LogP contribution in [-0.2, 0) is 4.57 Å². The second-order valence-corrected chi connectivity index (χ2v) is 2.41. The van der Waals surface area contributed by atoms with Crippen LogP contribution in [-0.4, -0.2) is 9.79 Å². The van der Waals surface area contributed by atoms with Crippen molar-refractivity contribution in [2.75, 3.05) is 0 Å². The standard InChI is InChI=1S/C7H8.CH4.HO3P/c1-7-5-3-2-4-6-7;;1-4(2)3/h2-6H,1H3;1H4;(H-,1,2,3)/p+1. The Hall–Kier alpha value is -0.760. The van der Waals surface area contributed by atoms with Gasteiger partial charge >= 0.3 is 8.25 Å². The van der Waals surface area contributed by atoms with Gasteiger partial charge in [-0.05, 0) is 6.92 Å². The van der Waals surface area contributed by atoms with Gasteiger partial charge in [0, 0.05) is 4.57 Å². The highest BCUT2D eigenvalue weighted by Crippen LogP contribution is 1.98. The molecule has 0 saturated carbocycles. The lowest BCUT2D eigenvalue weighted by Gasteiger charge is -1.82. The summed E-state index contributed by atoms with van der Waals surface area (Å²) in [7, 11) is -2.87. The molecule has 12 heavy (non-hydrogen) atoms. The number of aryl methyl sites for hydroxylation is 1. The maximum absolute atomic E-state index is 8.70. The first-order valence-corrected chi connectivity index (χ1v) is 4.16. The van der Waals surface area contributed by atoms with E-state index < -0.39 is 8.25 Å². The molecule has 0 aliphatic rings. The topological polar surface area (TPSA) is 57.5 Å². The van der Waals surface area contributed by atoms with Crippen LogP contribution in [0.3, 0.4) is 0 Å². The second kappa shape index (κ2) is 8.34. The average Bonchev–Trinajstić information content (AvgIpc) is 1.87. The molecule has 0 aromatic heterocycles. The predicted octanol–water partition coefficient (Wildman–Crippen LogP) is 2.26. The van der Waals surface area contributed by atoms with Crippen LogP contribution in [0.15, 0.2) is 30.3 Å². The highest BCUT2D eigenvalue weighted by Gasteiger charge is 1.93. The summed E-state index contributed by atoms with van der Waals surface area (Å²) >= 11 is 0.